The monoisotopic (exact) mass is 314 g/mol. The molecule has 0 amide bonds. The third kappa shape index (κ3) is 9.45. The highest BCUT2D eigenvalue weighted by molar-refractivity contribution is 7.99. The Morgan fingerprint density at radius 3 is 2.71 bits per heavy atom. The summed E-state index contributed by atoms with van der Waals surface area (Å²) in [5.41, 5.74) is 6.70. The maximum atomic E-state index is 11.1. The molecule has 4 nitrogen and oxygen atoms in total. The van der Waals surface area contributed by atoms with E-state index in [4.69, 9.17) is 10.5 Å². The third-order valence-electron chi connectivity index (χ3n) is 3.23. The minimum Gasteiger partial charge on any atom is -0.494 e. The van der Waals surface area contributed by atoms with Crippen molar-refractivity contribution in [3.63, 3.8) is 0 Å². The van der Waals surface area contributed by atoms with Gasteiger partial charge in [-0.1, -0.05) is 32.9 Å². The van der Waals surface area contributed by atoms with Gasteiger partial charge in [0.25, 0.3) is 0 Å². The lowest BCUT2D eigenvalue weighted by Crippen LogP contribution is -2.18. The second kappa shape index (κ2) is 11.5. The smallest absolute Gasteiger partial charge is 0.184 e. The number of hydrogen-bond acceptors (Lipinski definition) is 3. The summed E-state index contributed by atoms with van der Waals surface area (Å²) >= 11 is 0. The van der Waals surface area contributed by atoms with Gasteiger partial charge in [-0.25, -0.2) is 0 Å². The summed E-state index contributed by atoms with van der Waals surface area (Å²) in [6, 6.07) is 0. The summed E-state index contributed by atoms with van der Waals surface area (Å²) in [6.45, 7) is 11.6. The molecule has 2 atom stereocenters. The first-order valence-corrected chi connectivity index (χ1v) is 9.08. The van der Waals surface area contributed by atoms with Gasteiger partial charge in [-0.05, 0) is 37.7 Å². The van der Waals surface area contributed by atoms with Crippen LogP contribution in [-0.2, 0) is 15.5 Å². The van der Waals surface area contributed by atoms with Crippen LogP contribution in [0.3, 0.4) is 0 Å². The standard InChI is InChI=1S/C16H30N2O2S/c1-6-8-11-20-14(4)15(7-2)12-13(3)9-10-18-16(17)21(5)19/h7,13H,4,6,8-12H2,1-3,5H3,(H2,17,18)/b15-7+. The van der Waals surface area contributed by atoms with Gasteiger partial charge in [0.05, 0.1) is 17.4 Å². The highest BCUT2D eigenvalue weighted by Gasteiger charge is 2.09. The van der Waals surface area contributed by atoms with Gasteiger partial charge in [-0.15, -0.1) is 0 Å². The maximum Gasteiger partial charge on any atom is 0.184 e. The summed E-state index contributed by atoms with van der Waals surface area (Å²) in [7, 11) is -1.17. The molecule has 2 unspecified atom stereocenters. The molecule has 0 fully saturated rings. The van der Waals surface area contributed by atoms with Crippen LogP contribution in [0.5, 0.6) is 0 Å². The molecule has 0 rings (SSSR count). The summed E-state index contributed by atoms with van der Waals surface area (Å²) in [6.07, 6.45) is 7.58. The van der Waals surface area contributed by atoms with Crippen LogP contribution in [0.15, 0.2) is 29.0 Å². The van der Waals surface area contributed by atoms with Crippen LogP contribution in [-0.4, -0.2) is 28.8 Å². The van der Waals surface area contributed by atoms with E-state index in [1.165, 1.54) is 6.26 Å². The molecule has 0 bridgehead atoms. The number of hydrogen-bond donors (Lipinski definition) is 1. The summed E-state index contributed by atoms with van der Waals surface area (Å²) < 4.78 is 16.7. The van der Waals surface area contributed by atoms with E-state index in [1.54, 1.807) is 0 Å². The quantitative estimate of drug-likeness (QED) is 0.221. The molecule has 122 valence electrons. The molecule has 0 saturated heterocycles. The van der Waals surface area contributed by atoms with E-state index in [1.807, 2.05) is 6.92 Å². The largest absolute Gasteiger partial charge is 0.494 e. The molecule has 0 aliphatic carbocycles. The molecule has 0 aliphatic heterocycles. The van der Waals surface area contributed by atoms with Crippen molar-refractivity contribution in [2.75, 3.05) is 19.4 Å². The maximum absolute atomic E-state index is 11.1. The fourth-order valence-corrected chi connectivity index (χ4v) is 2.06. The van der Waals surface area contributed by atoms with Crippen molar-refractivity contribution < 1.29 is 8.95 Å². The number of aliphatic imine (C=N–C) groups is 1. The fraction of sp³-hybridized carbons (Fsp3) is 0.688. The molecule has 0 spiro atoms. The van der Waals surface area contributed by atoms with Crippen LogP contribution in [0.25, 0.3) is 0 Å². The predicted molar refractivity (Wildman–Crippen MR) is 92.7 cm³/mol. The highest BCUT2D eigenvalue weighted by atomic mass is 32.2. The first-order valence-electron chi connectivity index (χ1n) is 7.52. The van der Waals surface area contributed by atoms with Crippen molar-refractivity contribution in [1.29, 1.82) is 0 Å². The van der Waals surface area contributed by atoms with E-state index in [9.17, 15) is 4.21 Å². The zero-order valence-corrected chi connectivity index (χ0v) is 14.7. The van der Waals surface area contributed by atoms with Crippen molar-refractivity contribution in [3.05, 3.63) is 24.0 Å². The number of nitrogens with two attached hydrogens (primary N) is 1. The van der Waals surface area contributed by atoms with Crippen LogP contribution in [0, 0.1) is 5.92 Å². The molecule has 0 aromatic heterocycles. The van der Waals surface area contributed by atoms with Gasteiger partial charge >= 0.3 is 0 Å². The number of amidine groups is 1. The average Bonchev–Trinajstić information content (AvgIpc) is 2.44. The molecule has 0 aromatic carbocycles. The first kappa shape index (κ1) is 19.9. The number of rotatable bonds is 10. The molecule has 0 heterocycles. The minimum absolute atomic E-state index is 0.223. The van der Waals surface area contributed by atoms with Crippen molar-refractivity contribution in [2.45, 2.75) is 46.5 Å². The van der Waals surface area contributed by atoms with Crippen LogP contribution in [0.4, 0.5) is 0 Å². The van der Waals surface area contributed by atoms with Crippen LogP contribution < -0.4 is 5.73 Å². The van der Waals surface area contributed by atoms with E-state index >= 15 is 0 Å². The zero-order valence-electron chi connectivity index (χ0n) is 13.9. The third-order valence-corrected chi connectivity index (χ3v) is 3.95. The molecule has 0 aliphatic rings. The Labute approximate surface area is 132 Å². The van der Waals surface area contributed by atoms with Gasteiger partial charge in [-0.2, -0.15) is 0 Å². The molecule has 2 N–H and O–H groups in total. The lowest BCUT2D eigenvalue weighted by atomic mass is 9.97. The van der Waals surface area contributed by atoms with E-state index < -0.39 is 10.8 Å². The minimum atomic E-state index is -1.17. The summed E-state index contributed by atoms with van der Waals surface area (Å²) in [4.78, 5) is 4.12. The highest BCUT2D eigenvalue weighted by Crippen LogP contribution is 2.21. The van der Waals surface area contributed by atoms with E-state index in [0.29, 0.717) is 12.5 Å². The normalized spacial score (nSPS) is 15.6. The van der Waals surface area contributed by atoms with Gasteiger partial charge in [0, 0.05) is 12.8 Å². The Morgan fingerprint density at radius 2 is 2.19 bits per heavy atom. The predicted octanol–water partition coefficient (Wildman–Crippen LogP) is 3.37. The van der Waals surface area contributed by atoms with Crippen molar-refractivity contribution >= 4 is 16.0 Å². The fourth-order valence-electron chi connectivity index (χ4n) is 1.79. The van der Waals surface area contributed by atoms with Gasteiger partial charge in [0.15, 0.2) is 5.17 Å². The molecular weight excluding hydrogens is 284 g/mol. The van der Waals surface area contributed by atoms with Gasteiger partial charge in [-0.3, -0.25) is 9.20 Å². The van der Waals surface area contributed by atoms with E-state index in [0.717, 1.165) is 43.6 Å². The van der Waals surface area contributed by atoms with Gasteiger partial charge in [0.2, 0.25) is 0 Å². The number of allylic oxidation sites excluding steroid dienone is 2. The Hall–Kier alpha value is -1.10. The Bertz CT molecular complexity index is 403. The Kier molecular flexibility index (Phi) is 10.9. The number of nitrogens with zero attached hydrogens (tertiary/aromatic N) is 1. The van der Waals surface area contributed by atoms with Crippen LogP contribution >= 0.6 is 0 Å². The lowest BCUT2D eigenvalue weighted by molar-refractivity contribution is 0.213. The number of ether oxygens (including phenoxy) is 1. The van der Waals surface area contributed by atoms with Gasteiger partial charge in [0.1, 0.15) is 5.76 Å². The molecule has 0 radical (unpaired) electrons. The second-order valence-corrected chi connectivity index (χ2v) is 6.54. The van der Waals surface area contributed by atoms with Gasteiger partial charge < -0.3 is 10.5 Å². The van der Waals surface area contributed by atoms with Crippen molar-refractivity contribution in [2.24, 2.45) is 16.6 Å². The zero-order chi connectivity index (χ0) is 16.3. The van der Waals surface area contributed by atoms with Crippen molar-refractivity contribution in [3.8, 4) is 0 Å². The van der Waals surface area contributed by atoms with Crippen molar-refractivity contribution in [1.82, 2.24) is 0 Å². The average molecular weight is 314 g/mol. The van der Waals surface area contributed by atoms with Crippen LogP contribution in [0.2, 0.25) is 0 Å². The second-order valence-electron chi connectivity index (χ2n) is 5.21. The molecule has 0 aromatic rings. The summed E-state index contributed by atoms with van der Waals surface area (Å²) in [5, 5.41) is 0.223. The first-order chi connectivity index (χ1) is 9.92. The topological polar surface area (TPSA) is 64.7 Å². The van der Waals surface area contributed by atoms with E-state index in [-0.39, 0.29) is 5.17 Å². The van der Waals surface area contributed by atoms with Crippen LogP contribution in [0.1, 0.15) is 46.5 Å². The molecule has 0 saturated carbocycles. The Balaban J connectivity index is 4.21. The lowest BCUT2D eigenvalue weighted by Gasteiger charge is -2.16. The molecule has 5 heteroatoms. The Morgan fingerprint density at radius 1 is 1.52 bits per heavy atom. The SMILES string of the molecule is C=C(OCCCC)/C(=C/C)CC(C)CCN=C(N)S(C)=O. The molecular formula is C16H30N2O2S. The van der Waals surface area contributed by atoms with E-state index in [2.05, 4.69) is 31.5 Å². The summed E-state index contributed by atoms with van der Waals surface area (Å²) in [5.74, 6) is 1.22. The number of unbranched alkanes of at least 4 members (excludes halogenated alkanes) is 1. The molecule has 21 heavy (non-hydrogen) atoms.